The average Bonchev–Trinajstić information content (AvgIpc) is 2.69. The summed E-state index contributed by atoms with van der Waals surface area (Å²) in [4.78, 5) is 3.79. The minimum absolute atomic E-state index is 0.511. The molecule has 3 N–H and O–H groups in total. The first-order chi connectivity index (χ1) is 6.70. The molecule has 4 heteroatoms. The van der Waals surface area contributed by atoms with Gasteiger partial charge in [-0.1, -0.05) is 11.6 Å². The Morgan fingerprint density at radius 1 is 1.43 bits per heavy atom. The average molecular weight is 214 g/mol. The second-order valence-electron chi connectivity index (χ2n) is 3.32. The minimum atomic E-state index is 0.511. The van der Waals surface area contributed by atoms with E-state index in [0.29, 0.717) is 10.8 Å². The van der Waals surface area contributed by atoms with Crippen molar-refractivity contribution < 1.29 is 0 Å². The molecule has 1 aliphatic heterocycles. The van der Waals surface area contributed by atoms with Gasteiger partial charge in [-0.2, -0.15) is 0 Å². The number of hydrogen-bond donors (Lipinski definition) is 2. The first-order valence-electron chi connectivity index (χ1n) is 4.78. The number of nitrogen functional groups attached to an aromatic ring is 1. The Hall–Kier alpha value is -0.800. The first-order valence-corrected chi connectivity index (χ1v) is 5.16. The van der Waals surface area contributed by atoms with Crippen molar-refractivity contribution >= 4 is 17.4 Å². The lowest BCUT2D eigenvalue weighted by Gasteiger charge is -1.95. The van der Waals surface area contributed by atoms with Crippen LogP contribution in [0.1, 0.15) is 18.4 Å². The van der Waals surface area contributed by atoms with E-state index < -0.39 is 0 Å². The fraction of sp³-hybridized carbons (Fsp3) is 0.500. The summed E-state index contributed by atoms with van der Waals surface area (Å²) in [7, 11) is 0. The predicted molar refractivity (Wildman–Crippen MR) is 60.5 cm³/mol. The largest absolute Gasteiger partial charge is 0.384 e. The van der Waals surface area contributed by atoms with Crippen LogP contribution in [0.25, 0.3) is 0 Å². The molecule has 0 spiro atoms. The predicted octanol–water partition coefficient (Wildman–Crippen LogP) is 2.00. The summed E-state index contributed by atoms with van der Waals surface area (Å²) in [6, 6.07) is 1.74. The third kappa shape index (κ3) is 3.94. The van der Waals surface area contributed by atoms with Gasteiger partial charge < -0.3 is 11.1 Å². The number of rotatable bonds is 0. The Morgan fingerprint density at radius 2 is 2.07 bits per heavy atom. The van der Waals surface area contributed by atoms with E-state index in [2.05, 4.69) is 10.3 Å². The molecule has 0 atom stereocenters. The Labute approximate surface area is 89.7 Å². The molecule has 0 aliphatic carbocycles. The number of nitrogens with two attached hydrogens (primary N) is 1. The number of pyridine rings is 1. The van der Waals surface area contributed by atoms with Crippen LogP contribution in [0.15, 0.2) is 12.3 Å². The minimum Gasteiger partial charge on any atom is -0.384 e. The molecule has 0 radical (unpaired) electrons. The molecule has 78 valence electrons. The fourth-order valence-electron chi connectivity index (χ4n) is 1.19. The Balaban J connectivity index is 0.000000165. The smallest absolute Gasteiger partial charge is 0.123 e. The van der Waals surface area contributed by atoms with Crippen molar-refractivity contribution in [3.63, 3.8) is 0 Å². The number of halogens is 1. The highest BCUT2D eigenvalue weighted by molar-refractivity contribution is 6.31. The molecule has 0 saturated carbocycles. The summed E-state index contributed by atoms with van der Waals surface area (Å²) in [5.74, 6) is 0.511. The van der Waals surface area contributed by atoms with Gasteiger partial charge in [0, 0.05) is 6.20 Å². The summed E-state index contributed by atoms with van der Waals surface area (Å²) >= 11 is 5.66. The van der Waals surface area contributed by atoms with E-state index in [-0.39, 0.29) is 0 Å². The fourth-order valence-corrected chi connectivity index (χ4v) is 1.29. The molecule has 3 nitrogen and oxygen atoms in total. The molecule has 1 aliphatic rings. The number of nitrogens with zero attached hydrogens (tertiary/aromatic N) is 1. The van der Waals surface area contributed by atoms with E-state index in [0.717, 1.165) is 5.56 Å². The highest BCUT2D eigenvalue weighted by Crippen LogP contribution is 2.13. The van der Waals surface area contributed by atoms with E-state index in [1.165, 1.54) is 25.9 Å². The molecule has 0 amide bonds. The standard InChI is InChI=1S/C6H7ClN2.C4H9N/c1-4-2-6(8)9-3-5(4)7;1-2-4-5-3-1/h2-3H,1H3,(H2,8,9);5H,1-4H2. The lowest BCUT2D eigenvalue weighted by Crippen LogP contribution is -2.03. The molecule has 1 aromatic heterocycles. The van der Waals surface area contributed by atoms with Gasteiger partial charge in [0.15, 0.2) is 0 Å². The van der Waals surface area contributed by atoms with Crippen molar-refractivity contribution in [2.45, 2.75) is 19.8 Å². The number of hydrogen-bond acceptors (Lipinski definition) is 3. The van der Waals surface area contributed by atoms with Crippen molar-refractivity contribution in [2.75, 3.05) is 18.8 Å². The summed E-state index contributed by atoms with van der Waals surface area (Å²) in [6.45, 7) is 4.39. The van der Waals surface area contributed by atoms with Gasteiger partial charge in [0.2, 0.25) is 0 Å². The lowest BCUT2D eigenvalue weighted by atomic mass is 10.3. The van der Waals surface area contributed by atoms with Crippen LogP contribution in [0.2, 0.25) is 5.02 Å². The van der Waals surface area contributed by atoms with Gasteiger partial charge in [-0.25, -0.2) is 4.98 Å². The highest BCUT2D eigenvalue weighted by atomic mass is 35.5. The number of aromatic nitrogens is 1. The molecule has 0 unspecified atom stereocenters. The van der Waals surface area contributed by atoms with Crippen LogP contribution in [0, 0.1) is 6.92 Å². The van der Waals surface area contributed by atoms with E-state index in [1.807, 2.05) is 6.92 Å². The maximum Gasteiger partial charge on any atom is 0.123 e. The third-order valence-electron chi connectivity index (χ3n) is 2.03. The molecular weight excluding hydrogens is 198 g/mol. The summed E-state index contributed by atoms with van der Waals surface area (Å²) in [6.07, 6.45) is 4.33. The van der Waals surface area contributed by atoms with E-state index in [4.69, 9.17) is 17.3 Å². The number of nitrogens with one attached hydrogen (secondary N) is 1. The molecule has 14 heavy (non-hydrogen) atoms. The number of aryl methyl sites for hydroxylation is 1. The van der Waals surface area contributed by atoms with Crippen LogP contribution in [0.3, 0.4) is 0 Å². The molecule has 1 saturated heterocycles. The van der Waals surface area contributed by atoms with Crippen LogP contribution in [-0.4, -0.2) is 18.1 Å². The van der Waals surface area contributed by atoms with Crippen LogP contribution >= 0.6 is 11.6 Å². The van der Waals surface area contributed by atoms with Crippen LogP contribution < -0.4 is 11.1 Å². The molecule has 1 aromatic rings. The van der Waals surface area contributed by atoms with Crippen molar-refractivity contribution in [1.29, 1.82) is 0 Å². The molecule has 2 heterocycles. The van der Waals surface area contributed by atoms with Crippen molar-refractivity contribution in [2.24, 2.45) is 0 Å². The van der Waals surface area contributed by atoms with E-state index >= 15 is 0 Å². The van der Waals surface area contributed by atoms with E-state index in [9.17, 15) is 0 Å². The second-order valence-corrected chi connectivity index (χ2v) is 3.72. The zero-order valence-electron chi connectivity index (χ0n) is 8.39. The quantitative estimate of drug-likeness (QED) is 0.693. The number of anilines is 1. The van der Waals surface area contributed by atoms with Gasteiger partial charge in [-0.05, 0) is 44.5 Å². The van der Waals surface area contributed by atoms with Gasteiger partial charge in [-0.15, -0.1) is 0 Å². The van der Waals surface area contributed by atoms with Gasteiger partial charge in [0.1, 0.15) is 5.82 Å². The van der Waals surface area contributed by atoms with E-state index in [1.54, 1.807) is 12.3 Å². The Kier molecular flexibility index (Phi) is 4.70. The zero-order chi connectivity index (χ0) is 10.4. The lowest BCUT2D eigenvalue weighted by molar-refractivity contribution is 0.857. The second kappa shape index (κ2) is 5.83. The summed E-state index contributed by atoms with van der Waals surface area (Å²) in [5, 5.41) is 3.88. The molecule has 0 aromatic carbocycles. The third-order valence-corrected chi connectivity index (χ3v) is 2.42. The van der Waals surface area contributed by atoms with Crippen molar-refractivity contribution in [1.82, 2.24) is 10.3 Å². The molecular formula is C10H16ClN3. The summed E-state index contributed by atoms with van der Waals surface area (Å²) in [5.41, 5.74) is 6.32. The normalized spacial score (nSPS) is 14.7. The maximum atomic E-state index is 5.66. The zero-order valence-corrected chi connectivity index (χ0v) is 9.14. The van der Waals surface area contributed by atoms with Gasteiger partial charge >= 0.3 is 0 Å². The van der Waals surface area contributed by atoms with Gasteiger partial charge in [0.05, 0.1) is 5.02 Å². The molecule has 0 bridgehead atoms. The molecule has 2 rings (SSSR count). The van der Waals surface area contributed by atoms with Gasteiger partial charge in [-0.3, -0.25) is 0 Å². The Morgan fingerprint density at radius 3 is 2.43 bits per heavy atom. The highest BCUT2D eigenvalue weighted by Gasteiger charge is 1.93. The van der Waals surface area contributed by atoms with Gasteiger partial charge in [0.25, 0.3) is 0 Å². The van der Waals surface area contributed by atoms with Crippen molar-refractivity contribution in [3.8, 4) is 0 Å². The monoisotopic (exact) mass is 213 g/mol. The van der Waals surface area contributed by atoms with Crippen LogP contribution in [-0.2, 0) is 0 Å². The summed E-state index contributed by atoms with van der Waals surface area (Å²) < 4.78 is 0. The topological polar surface area (TPSA) is 50.9 Å². The first kappa shape index (κ1) is 11.3. The van der Waals surface area contributed by atoms with Crippen LogP contribution in [0.5, 0.6) is 0 Å². The molecule has 1 fully saturated rings. The Bertz CT molecular complexity index is 277. The van der Waals surface area contributed by atoms with Crippen LogP contribution in [0.4, 0.5) is 5.82 Å². The maximum absolute atomic E-state index is 5.66. The van der Waals surface area contributed by atoms with Crippen molar-refractivity contribution in [3.05, 3.63) is 22.8 Å². The SMILES string of the molecule is C1CCNC1.Cc1cc(N)ncc1Cl.